The van der Waals surface area contributed by atoms with Crippen LogP contribution in [0.15, 0.2) is 0 Å². The van der Waals surface area contributed by atoms with E-state index in [0.29, 0.717) is 19.1 Å². The Kier molecular flexibility index (Phi) is 6.76. The van der Waals surface area contributed by atoms with E-state index in [1.54, 1.807) is 0 Å². The summed E-state index contributed by atoms with van der Waals surface area (Å²) in [4.78, 5) is 16.9. The van der Waals surface area contributed by atoms with Crippen molar-refractivity contribution in [1.82, 2.24) is 9.80 Å². The van der Waals surface area contributed by atoms with Gasteiger partial charge in [-0.3, -0.25) is 4.79 Å². The minimum Gasteiger partial charge on any atom is -0.394 e. The van der Waals surface area contributed by atoms with Crippen molar-refractivity contribution in [3.8, 4) is 0 Å². The Morgan fingerprint density at radius 2 is 1.75 bits per heavy atom. The summed E-state index contributed by atoms with van der Waals surface area (Å²) in [6, 6.07) is 0. The summed E-state index contributed by atoms with van der Waals surface area (Å²) in [5, 5.41) is 8.64. The Labute approximate surface area is 121 Å². The van der Waals surface area contributed by atoms with Crippen molar-refractivity contribution in [3.05, 3.63) is 0 Å². The summed E-state index contributed by atoms with van der Waals surface area (Å²) >= 11 is 0. The molecule has 116 valence electrons. The van der Waals surface area contributed by atoms with Crippen LogP contribution < -0.4 is 0 Å². The molecule has 0 aliphatic carbocycles. The lowest BCUT2D eigenvalue weighted by Gasteiger charge is -2.35. The van der Waals surface area contributed by atoms with Crippen LogP contribution in [0.25, 0.3) is 0 Å². The molecule has 0 bridgehead atoms. The van der Waals surface area contributed by atoms with Crippen molar-refractivity contribution >= 4 is 5.91 Å². The van der Waals surface area contributed by atoms with Crippen molar-refractivity contribution in [3.63, 3.8) is 0 Å². The molecule has 0 radical (unpaired) electrons. The summed E-state index contributed by atoms with van der Waals surface area (Å²) in [5.41, 5.74) is 0. The average Bonchev–Trinajstić information content (AvgIpc) is 2.52. The highest BCUT2D eigenvalue weighted by molar-refractivity contribution is 5.79. The van der Waals surface area contributed by atoms with Gasteiger partial charge >= 0.3 is 0 Å². The van der Waals surface area contributed by atoms with Gasteiger partial charge in [0.05, 0.1) is 19.8 Å². The smallest absolute Gasteiger partial charge is 0.225 e. The van der Waals surface area contributed by atoms with Crippen molar-refractivity contribution in [1.29, 1.82) is 0 Å². The average molecular weight is 284 g/mol. The highest BCUT2D eigenvalue weighted by Crippen LogP contribution is 2.21. The molecule has 2 heterocycles. The van der Waals surface area contributed by atoms with Crippen LogP contribution in [0.4, 0.5) is 0 Å². The van der Waals surface area contributed by atoms with E-state index in [9.17, 15) is 4.79 Å². The molecule has 5 nitrogen and oxygen atoms in total. The number of rotatable bonds is 6. The number of hydrogen-bond donors (Lipinski definition) is 1. The minimum absolute atomic E-state index is 0.0897. The van der Waals surface area contributed by atoms with Crippen LogP contribution in [0.5, 0.6) is 0 Å². The molecule has 0 aromatic rings. The Morgan fingerprint density at radius 3 is 2.40 bits per heavy atom. The minimum atomic E-state index is 0.0897. The Balaban J connectivity index is 1.64. The topological polar surface area (TPSA) is 53.0 Å². The van der Waals surface area contributed by atoms with E-state index in [4.69, 9.17) is 9.84 Å². The first-order chi connectivity index (χ1) is 9.81. The number of carbonyl (C=O) groups excluding carboxylic acids is 1. The van der Waals surface area contributed by atoms with Gasteiger partial charge in [0.25, 0.3) is 0 Å². The van der Waals surface area contributed by atoms with Crippen molar-refractivity contribution in [2.45, 2.75) is 32.1 Å². The van der Waals surface area contributed by atoms with E-state index in [2.05, 4.69) is 9.80 Å². The third kappa shape index (κ3) is 4.72. The molecule has 20 heavy (non-hydrogen) atoms. The monoisotopic (exact) mass is 284 g/mol. The fourth-order valence-corrected chi connectivity index (χ4v) is 3.14. The molecule has 5 heteroatoms. The first-order valence-corrected chi connectivity index (χ1v) is 8.01. The Bertz CT molecular complexity index is 285. The first-order valence-electron chi connectivity index (χ1n) is 8.01. The van der Waals surface area contributed by atoms with Gasteiger partial charge in [-0.15, -0.1) is 0 Å². The lowest BCUT2D eigenvalue weighted by atomic mass is 9.94. The zero-order valence-corrected chi connectivity index (χ0v) is 12.4. The molecular weight excluding hydrogens is 256 g/mol. The molecule has 2 aliphatic heterocycles. The molecule has 0 aromatic heterocycles. The second-order valence-corrected chi connectivity index (χ2v) is 5.84. The van der Waals surface area contributed by atoms with Gasteiger partial charge in [-0.25, -0.2) is 0 Å². The highest BCUT2D eigenvalue weighted by Gasteiger charge is 2.28. The second kappa shape index (κ2) is 8.60. The largest absolute Gasteiger partial charge is 0.394 e. The van der Waals surface area contributed by atoms with Crippen molar-refractivity contribution in [2.24, 2.45) is 5.92 Å². The lowest BCUT2D eigenvalue weighted by molar-refractivity contribution is -0.138. The number of aliphatic hydroxyl groups is 1. The van der Waals surface area contributed by atoms with Crippen LogP contribution in [0.2, 0.25) is 0 Å². The van der Waals surface area contributed by atoms with E-state index in [1.807, 2.05) is 0 Å². The van der Waals surface area contributed by atoms with E-state index in [-0.39, 0.29) is 12.5 Å². The van der Waals surface area contributed by atoms with E-state index < -0.39 is 0 Å². The molecule has 2 saturated heterocycles. The maximum atomic E-state index is 12.4. The number of likely N-dealkylation sites (tertiary alicyclic amines) is 2. The number of hydrogen-bond acceptors (Lipinski definition) is 4. The van der Waals surface area contributed by atoms with Crippen LogP contribution in [-0.2, 0) is 9.53 Å². The normalized spacial score (nSPS) is 22.1. The van der Waals surface area contributed by atoms with Gasteiger partial charge < -0.3 is 19.6 Å². The molecule has 0 saturated carbocycles. The molecule has 2 fully saturated rings. The summed E-state index contributed by atoms with van der Waals surface area (Å²) < 4.78 is 5.29. The van der Waals surface area contributed by atoms with Crippen LogP contribution in [-0.4, -0.2) is 73.4 Å². The molecule has 2 rings (SSSR count). The van der Waals surface area contributed by atoms with Crippen molar-refractivity contribution in [2.75, 3.05) is 52.5 Å². The third-order valence-electron chi connectivity index (χ3n) is 4.39. The maximum Gasteiger partial charge on any atom is 0.225 e. The van der Waals surface area contributed by atoms with Crippen LogP contribution in [0, 0.1) is 5.92 Å². The number of piperidine rings is 2. The number of ether oxygens (including phenoxy) is 1. The van der Waals surface area contributed by atoms with Gasteiger partial charge in [-0.05, 0) is 45.2 Å². The van der Waals surface area contributed by atoms with Crippen molar-refractivity contribution < 1.29 is 14.6 Å². The van der Waals surface area contributed by atoms with Gasteiger partial charge in [-0.2, -0.15) is 0 Å². The zero-order chi connectivity index (χ0) is 14.2. The number of nitrogens with zero attached hydrogens (tertiary/aromatic N) is 2. The van der Waals surface area contributed by atoms with Gasteiger partial charge in [0.1, 0.15) is 0 Å². The molecule has 1 amide bonds. The van der Waals surface area contributed by atoms with E-state index in [0.717, 1.165) is 45.6 Å². The van der Waals surface area contributed by atoms with E-state index >= 15 is 0 Å². The van der Waals surface area contributed by atoms with Gasteiger partial charge in [-0.1, -0.05) is 0 Å². The first kappa shape index (κ1) is 15.7. The SMILES string of the molecule is O=C(C1CCN(CCOCCO)CC1)N1CCCCC1. The Morgan fingerprint density at radius 1 is 1.05 bits per heavy atom. The molecule has 0 aromatic carbocycles. The van der Waals surface area contributed by atoms with Crippen LogP contribution >= 0.6 is 0 Å². The van der Waals surface area contributed by atoms with Gasteiger partial charge in [0.15, 0.2) is 0 Å². The predicted octanol–water partition coefficient (Wildman–Crippen LogP) is 0.720. The maximum absolute atomic E-state index is 12.4. The summed E-state index contributed by atoms with van der Waals surface area (Å²) in [7, 11) is 0. The van der Waals surface area contributed by atoms with E-state index in [1.165, 1.54) is 19.3 Å². The molecule has 1 N–H and O–H groups in total. The summed E-state index contributed by atoms with van der Waals surface area (Å²) in [6.45, 7) is 6.01. The molecule has 2 aliphatic rings. The van der Waals surface area contributed by atoms with Crippen LogP contribution in [0.3, 0.4) is 0 Å². The summed E-state index contributed by atoms with van der Waals surface area (Å²) in [5.74, 6) is 0.628. The highest BCUT2D eigenvalue weighted by atomic mass is 16.5. The molecule has 0 atom stereocenters. The predicted molar refractivity (Wildman–Crippen MR) is 77.5 cm³/mol. The quantitative estimate of drug-likeness (QED) is 0.730. The lowest BCUT2D eigenvalue weighted by Crippen LogP contribution is -2.44. The Hall–Kier alpha value is -0.650. The van der Waals surface area contributed by atoms with Gasteiger partial charge in [0.2, 0.25) is 5.91 Å². The molecule has 0 spiro atoms. The fraction of sp³-hybridized carbons (Fsp3) is 0.933. The fourth-order valence-electron chi connectivity index (χ4n) is 3.14. The third-order valence-corrected chi connectivity index (χ3v) is 4.39. The molecular formula is C15H28N2O3. The van der Waals surface area contributed by atoms with Gasteiger partial charge in [0, 0.05) is 25.6 Å². The standard InChI is InChI=1S/C15H28N2O3/c18-11-13-20-12-10-16-8-4-14(5-9-16)15(19)17-6-2-1-3-7-17/h14,18H,1-13H2. The summed E-state index contributed by atoms with van der Waals surface area (Å²) in [6.07, 6.45) is 5.58. The number of carbonyl (C=O) groups is 1. The zero-order valence-electron chi connectivity index (χ0n) is 12.4. The second-order valence-electron chi connectivity index (χ2n) is 5.84. The van der Waals surface area contributed by atoms with Crippen LogP contribution in [0.1, 0.15) is 32.1 Å². The number of amides is 1. The molecule has 0 unspecified atom stereocenters. The number of aliphatic hydroxyl groups excluding tert-OH is 1.